The molecule has 0 fully saturated rings. The molecular formula is C10H11NO2. The molecule has 1 aromatic rings. The molecule has 0 aliphatic carbocycles. The minimum absolute atomic E-state index is 0.00227. The van der Waals surface area contributed by atoms with Crippen molar-refractivity contribution in [3.8, 4) is 0 Å². The van der Waals surface area contributed by atoms with Gasteiger partial charge in [-0.15, -0.1) is 0 Å². The summed E-state index contributed by atoms with van der Waals surface area (Å²) in [6, 6.07) is 8.99. The Hall–Kier alpha value is -1.48. The van der Waals surface area contributed by atoms with Gasteiger partial charge in [0.2, 0.25) is 0 Å². The maximum absolute atomic E-state index is 11.3. The maximum atomic E-state index is 11.3. The van der Waals surface area contributed by atoms with Crippen LogP contribution in [-0.4, -0.2) is 25.2 Å². The van der Waals surface area contributed by atoms with Crippen LogP contribution in [0.1, 0.15) is 10.4 Å². The molecule has 1 rings (SSSR count). The Morgan fingerprint density at radius 3 is 2.62 bits per heavy atom. The van der Waals surface area contributed by atoms with Crippen LogP contribution in [0.2, 0.25) is 0 Å². The third-order valence-corrected chi connectivity index (χ3v) is 1.61. The lowest BCUT2D eigenvalue weighted by Gasteiger charge is -1.99. The topological polar surface area (TPSA) is 46.2 Å². The first kappa shape index (κ1) is 9.61. The number of rotatable bonds is 5. The normalized spacial score (nSPS) is 9.54. The van der Waals surface area contributed by atoms with Gasteiger partial charge in [0.25, 0.3) is 0 Å². The summed E-state index contributed by atoms with van der Waals surface area (Å²) in [7, 11) is 0. The molecule has 3 heteroatoms. The van der Waals surface area contributed by atoms with Gasteiger partial charge in [-0.1, -0.05) is 30.3 Å². The fraction of sp³-hybridized carbons (Fsp3) is 0.200. The van der Waals surface area contributed by atoms with Crippen LogP contribution in [0.3, 0.4) is 0 Å². The number of ketones is 1. The Morgan fingerprint density at radius 1 is 1.31 bits per heavy atom. The average Bonchev–Trinajstić information content (AvgIpc) is 2.19. The Bertz CT molecular complexity index is 282. The zero-order valence-corrected chi connectivity index (χ0v) is 7.19. The lowest BCUT2D eigenvalue weighted by atomic mass is 10.1. The summed E-state index contributed by atoms with van der Waals surface area (Å²) in [6.07, 6.45) is 0.734. The van der Waals surface area contributed by atoms with Crippen LogP contribution >= 0.6 is 0 Å². The first-order valence-corrected chi connectivity index (χ1v) is 4.07. The molecule has 0 amide bonds. The molecule has 0 heterocycles. The molecule has 0 bridgehead atoms. The second kappa shape index (κ2) is 5.22. The van der Waals surface area contributed by atoms with Crippen LogP contribution in [0.15, 0.2) is 30.3 Å². The van der Waals surface area contributed by atoms with Gasteiger partial charge in [0.1, 0.15) is 6.29 Å². The lowest BCUT2D eigenvalue weighted by Crippen LogP contribution is -2.24. The Balaban J connectivity index is 2.45. The van der Waals surface area contributed by atoms with Gasteiger partial charge in [0, 0.05) is 5.56 Å². The molecule has 0 spiro atoms. The molecule has 1 aromatic carbocycles. The predicted octanol–water partition coefficient (Wildman–Crippen LogP) is 0.658. The van der Waals surface area contributed by atoms with Crippen molar-refractivity contribution in [1.82, 2.24) is 5.32 Å². The van der Waals surface area contributed by atoms with E-state index in [1.807, 2.05) is 18.2 Å². The largest absolute Gasteiger partial charge is 0.303 e. The monoisotopic (exact) mass is 177 g/mol. The van der Waals surface area contributed by atoms with E-state index in [0.29, 0.717) is 5.56 Å². The molecule has 0 unspecified atom stereocenters. The Kier molecular flexibility index (Phi) is 3.85. The summed E-state index contributed by atoms with van der Waals surface area (Å²) in [6.45, 7) is 0.432. The standard InChI is InChI=1S/C10H11NO2/c12-7-6-11-8-10(13)9-4-2-1-3-5-9/h1-5,7,11H,6,8H2. The summed E-state index contributed by atoms with van der Waals surface area (Å²) < 4.78 is 0. The van der Waals surface area contributed by atoms with E-state index in [2.05, 4.69) is 5.32 Å². The molecule has 0 saturated heterocycles. The van der Waals surface area contributed by atoms with Crippen LogP contribution in [0.25, 0.3) is 0 Å². The molecule has 13 heavy (non-hydrogen) atoms. The molecule has 0 aliphatic rings. The van der Waals surface area contributed by atoms with E-state index in [0.717, 1.165) is 6.29 Å². The number of aldehydes is 1. The average molecular weight is 177 g/mol. The van der Waals surface area contributed by atoms with Crippen molar-refractivity contribution >= 4 is 12.1 Å². The van der Waals surface area contributed by atoms with Crippen LogP contribution in [-0.2, 0) is 4.79 Å². The number of carbonyl (C=O) groups is 2. The van der Waals surface area contributed by atoms with Gasteiger partial charge >= 0.3 is 0 Å². The highest BCUT2D eigenvalue weighted by molar-refractivity contribution is 5.97. The van der Waals surface area contributed by atoms with Crippen molar-refractivity contribution in [1.29, 1.82) is 0 Å². The number of benzene rings is 1. The van der Waals surface area contributed by atoms with Gasteiger partial charge in [-0.25, -0.2) is 0 Å². The number of Topliss-reactive ketones (excluding diaryl/α,β-unsaturated/α-hetero) is 1. The molecule has 1 N–H and O–H groups in total. The highest BCUT2D eigenvalue weighted by Crippen LogP contribution is 1.98. The third-order valence-electron chi connectivity index (χ3n) is 1.61. The van der Waals surface area contributed by atoms with Crippen molar-refractivity contribution in [2.75, 3.05) is 13.1 Å². The van der Waals surface area contributed by atoms with Gasteiger partial charge < -0.3 is 10.1 Å². The van der Waals surface area contributed by atoms with Crippen molar-refractivity contribution in [2.24, 2.45) is 0 Å². The molecule has 0 saturated carbocycles. The highest BCUT2D eigenvalue weighted by atomic mass is 16.1. The summed E-state index contributed by atoms with van der Waals surface area (Å²) in [5.41, 5.74) is 0.667. The van der Waals surface area contributed by atoms with E-state index >= 15 is 0 Å². The predicted molar refractivity (Wildman–Crippen MR) is 49.7 cm³/mol. The number of hydrogen-bond donors (Lipinski definition) is 1. The van der Waals surface area contributed by atoms with Crippen LogP contribution in [0.4, 0.5) is 0 Å². The summed E-state index contributed by atoms with van der Waals surface area (Å²) >= 11 is 0. The smallest absolute Gasteiger partial charge is 0.176 e. The first-order chi connectivity index (χ1) is 6.34. The van der Waals surface area contributed by atoms with Crippen molar-refractivity contribution in [3.63, 3.8) is 0 Å². The van der Waals surface area contributed by atoms with E-state index in [9.17, 15) is 9.59 Å². The van der Waals surface area contributed by atoms with Crippen molar-refractivity contribution < 1.29 is 9.59 Å². The fourth-order valence-electron chi connectivity index (χ4n) is 0.971. The van der Waals surface area contributed by atoms with Crippen molar-refractivity contribution in [2.45, 2.75) is 0 Å². The lowest BCUT2D eigenvalue weighted by molar-refractivity contribution is -0.107. The van der Waals surface area contributed by atoms with Crippen LogP contribution < -0.4 is 5.32 Å². The first-order valence-electron chi connectivity index (χ1n) is 4.07. The third kappa shape index (κ3) is 3.17. The van der Waals surface area contributed by atoms with Crippen LogP contribution in [0.5, 0.6) is 0 Å². The summed E-state index contributed by atoms with van der Waals surface area (Å²) in [4.78, 5) is 21.3. The van der Waals surface area contributed by atoms with Crippen molar-refractivity contribution in [3.05, 3.63) is 35.9 Å². The molecule has 68 valence electrons. The van der Waals surface area contributed by atoms with E-state index in [1.165, 1.54) is 0 Å². The van der Waals surface area contributed by atoms with Gasteiger partial charge in [-0.2, -0.15) is 0 Å². The molecular weight excluding hydrogens is 166 g/mol. The molecule has 0 aliphatic heterocycles. The molecule has 3 nitrogen and oxygen atoms in total. The number of nitrogens with one attached hydrogen (secondary N) is 1. The fourth-order valence-corrected chi connectivity index (χ4v) is 0.971. The molecule has 0 aromatic heterocycles. The summed E-state index contributed by atoms with van der Waals surface area (Å²) in [5.74, 6) is 0.00227. The summed E-state index contributed by atoms with van der Waals surface area (Å²) in [5, 5.41) is 2.72. The highest BCUT2D eigenvalue weighted by Gasteiger charge is 2.02. The van der Waals surface area contributed by atoms with Gasteiger partial charge in [-0.3, -0.25) is 4.79 Å². The minimum atomic E-state index is 0.00227. The maximum Gasteiger partial charge on any atom is 0.176 e. The quantitative estimate of drug-likeness (QED) is 0.408. The molecule has 0 atom stereocenters. The second-order valence-corrected chi connectivity index (χ2v) is 2.59. The SMILES string of the molecule is O=CCNCC(=O)c1ccccc1. The Labute approximate surface area is 76.8 Å². The zero-order valence-electron chi connectivity index (χ0n) is 7.19. The second-order valence-electron chi connectivity index (χ2n) is 2.59. The van der Waals surface area contributed by atoms with E-state index in [1.54, 1.807) is 12.1 Å². The van der Waals surface area contributed by atoms with Gasteiger partial charge in [0.15, 0.2) is 5.78 Å². The van der Waals surface area contributed by atoms with E-state index in [4.69, 9.17) is 0 Å². The van der Waals surface area contributed by atoms with E-state index in [-0.39, 0.29) is 18.9 Å². The molecule has 0 radical (unpaired) electrons. The van der Waals surface area contributed by atoms with E-state index < -0.39 is 0 Å². The van der Waals surface area contributed by atoms with Crippen LogP contribution in [0, 0.1) is 0 Å². The van der Waals surface area contributed by atoms with Gasteiger partial charge in [-0.05, 0) is 0 Å². The zero-order chi connectivity index (χ0) is 9.52. The number of carbonyl (C=O) groups excluding carboxylic acids is 2. The van der Waals surface area contributed by atoms with Gasteiger partial charge in [0.05, 0.1) is 13.1 Å². The Morgan fingerprint density at radius 2 is 2.00 bits per heavy atom. The minimum Gasteiger partial charge on any atom is -0.303 e. The number of hydrogen-bond acceptors (Lipinski definition) is 3.